The third kappa shape index (κ3) is 14.9. The van der Waals surface area contributed by atoms with Gasteiger partial charge in [0, 0.05) is 68.7 Å². The zero-order chi connectivity index (χ0) is 49.3. The van der Waals surface area contributed by atoms with Crippen LogP contribution in [-0.2, 0) is 36.9 Å². The maximum atomic E-state index is 11.6. The van der Waals surface area contributed by atoms with E-state index >= 15 is 0 Å². The molecule has 0 aliphatic heterocycles. The second kappa shape index (κ2) is 27.7. The molecule has 0 bridgehead atoms. The SMILES string of the molecule is CCCCCCCCc1c(-c2cccs2)sc(-c2ccc(-c3cc(-c4ccccn4)nc(-c4ccccn4)c3)s2)c1CCCCCCCC.O=P(O)(O)c1cc(-c2ccccn2)nc(-c2ccccn2)c1.[Ru]. The molecule has 14 heteroatoms. The van der Waals surface area contributed by atoms with Crippen LogP contribution in [0.4, 0.5) is 0 Å². The molecule has 9 aromatic heterocycles. The number of unbranched alkanes of at least 4 members (excludes halogenated alkanes) is 10. The minimum atomic E-state index is -4.41. The van der Waals surface area contributed by atoms with E-state index in [2.05, 4.69) is 80.5 Å². The predicted molar refractivity (Wildman–Crippen MR) is 297 cm³/mol. The Hall–Kier alpha value is -5.23. The number of aromatic nitrogens is 6. The average Bonchev–Trinajstić information content (AvgIpc) is 4.21. The van der Waals surface area contributed by atoms with Gasteiger partial charge in [0.05, 0.1) is 50.9 Å². The molecule has 9 heterocycles. The molecule has 9 nitrogen and oxygen atoms in total. The van der Waals surface area contributed by atoms with Gasteiger partial charge in [0.2, 0.25) is 0 Å². The second-order valence-electron chi connectivity index (χ2n) is 17.5. The third-order valence-corrected chi connectivity index (χ3v) is 16.8. The minimum absolute atomic E-state index is 0. The zero-order valence-electron chi connectivity index (χ0n) is 40.8. The maximum absolute atomic E-state index is 11.6. The topological polar surface area (TPSA) is 135 Å². The molecule has 0 aliphatic rings. The van der Waals surface area contributed by atoms with Crippen molar-refractivity contribution in [3.63, 3.8) is 0 Å². The van der Waals surface area contributed by atoms with Gasteiger partial charge in [0.1, 0.15) is 0 Å². The molecule has 72 heavy (non-hydrogen) atoms. The van der Waals surface area contributed by atoms with Crippen LogP contribution >= 0.6 is 41.6 Å². The van der Waals surface area contributed by atoms with E-state index in [4.69, 9.17) is 4.98 Å². The summed E-state index contributed by atoms with van der Waals surface area (Å²) in [6, 6.07) is 38.9. The molecular weight excluding hydrogens is 1060 g/mol. The van der Waals surface area contributed by atoms with E-state index in [1.165, 1.54) is 126 Å². The molecule has 0 amide bonds. The summed E-state index contributed by atoms with van der Waals surface area (Å²) < 4.78 is 11.6. The van der Waals surface area contributed by atoms with Crippen molar-refractivity contribution in [1.82, 2.24) is 29.9 Å². The first kappa shape index (κ1) is 54.5. The van der Waals surface area contributed by atoms with Gasteiger partial charge in [0.15, 0.2) is 0 Å². The molecule has 2 N–H and O–H groups in total. The molecule has 0 aromatic carbocycles. The van der Waals surface area contributed by atoms with Crippen molar-refractivity contribution in [1.29, 1.82) is 0 Å². The van der Waals surface area contributed by atoms with Crippen molar-refractivity contribution in [2.24, 2.45) is 0 Å². The fraction of sp³-hybridized carbons (Fsp3) is 0.276. The van der Waals surface area contributed by atoms with Gasteiger partial charge in [0.25, 0.3) is 0 Å². The number of nitrogens with zero attached hydrogens (tertiary/aromatic N) is 6. The van der Waals surface area contributed by atoms with Gasteiger partial charge in [-0.2, -0.15) is 0 Å². The van der Waals surface area contributed by atoms with Gasteiger partial charge in [-0.3, -0.25) is 24.5 Å². The van der Waals surface area contributed by atoms with Crippen molar-refractivity contribution >= 4 is 46.9 Å². The molecule has 372 valence electrons. The summed E-state index contributed by atoms with van der Waals surface area (Å²) in [6.07, 6.45) is 25.2. The maximum Gasteiger partial charge on any atom is 0.356 e. The number of hydrogen-bond donors (Lipinski definition) is 2. The molecule has 9 aromatic rings. The first-order valence-electron chi connectivity index (χ1n) is 24.8. The summed E-state index contributed by atoms with van der Waals surface area (Å²) in [4.78, 5) is 53.1. The van der Waals surface area contributed by atoms with E-state index in [9.17, 15) is 14.4 Å². The van der Waals surface area contributed by atoms with Gasteiger partial charge in [-0.25, -0.2) is 9.97 Å². The Labute approximate surface area is 449 Å². The van der Waals surface area contributed by atoms with E-state index in [-0.39, 0.29) is 24.8 Å². The molecule has 9 rings (SSSR count). The zero-order valence-corrected chi connectivity index (χ0v) is 45.9. The van der Waals surface area contributed by atoms with Crippen LogP contribution in [0.1, 0.15) is 102 Å². The summed E-state index contributed by atoms with van der Waals surface area (Å²) in [6.45, 7) is 4.61. The average molecular weight is 1120 g/mol. The fourth-order valence-electron chi connectivity index (χ4n) is 8.55. The van der Waals surface area contributed by atoms with Gasteiger partial charge in [-0.05, 0) is 139 Å². The van der Waals surface area contributed by atoms with Crippen molar-refractivity contribution in [3.05, 3.63) is 163 Å². The normalized spacial score (nSPS) is 11.2. The van der Waals surface area contributed by atoms with Crippen molar-refractivity contribution in [3.8, 4) is 75.5 Å². The van der Waals surface area contributed by atoms with Crippen molar-refractivity contribution in [2.75, 3.05) is 0 Å². The van der Waals surface area contributed by atoms with Gasteiger partial charge < -0.3 is 9.79 Å². The first-order valence-corrected chi connectivity index (χ1v) is 29.0. The predicted octanol–water partition coefficient (Wildman–Crippen LogP) is 16.2. The summed E-state index contributed by atoms with van der Waals surface area (Å²) in [5.41, 5.74) is 9.74. The number of hydrogen-bond acceptors (Lipinski definition) is 10. The summed E-state index contributed by atoms with van der Waals surface area (Å²) >= 11 is 5.84. The van der Waals surface area contributed by atoms with E-state index in [0.717, 1.165) is 28.3 Å². The molecule has 0 unspecified atom stereocenters. The Kier molecular flexibility index (Phi) is 21.0. The largest absolute Gasteiger partial charge is 0.356 e. The number of rotatable bonds is 22. The van der Waals surface area contributed by atoms with Crippen molar-refractivity contribution < 1.29 is 33.8 Å². The molecule has 0 atom stereocenters. The van der Waals surface area contributed by atoms with Crippen LogP contribution in [0, 0.1) is 0 Å². The monoisotopic (exact) mass is 1120 g/mol. The van der Waals surface area contributed by atoms with Crippen LogP contribution in [-0.4, -0.2) is 39.7 Å². The quantitative estimate of drug-likeness (QED) is 0.0386. The Balaban J connectivity index is 0.000000276. The Bertz CT molecular complexity index is 2960. The van der Waals surface area contributed by atoms with Crippen LogP contribution in [0.25, 0.3) is 75.5 Å². The Morgan fingerprint density at radius 1 is 0.444 bits per heavy atom. The summed E-state index contributed by atoms with van der Waals surface area (Å²) in [5.74, 6) is 0. The second-order valence-corrected chi connectivity index (χ2v) is 22.2. The molecule has 0 saturated carbocycles. The van der Waals surface area contributed by atoms with Gasteiger partial charge in [-0.15, -0.1) is 34.0 Å². The van der Waals surface area contributed by atoms with Crippen LogP contribution in [0.15, 0.2) is 151 Å². The Morgan fingerprint density at radius 2 is 0.861 bits per heavy atom. The number of thiophene rings is 3. The third-order valence-electron chi connectivity index (χ3n) is 12.2. The van der Waals surface area contributed by atoms with Crippen LogP contribution in [0.2, 0.25) is 0 Å². The van der Waals surface area contributed by atoms with E-state index in [0.29, 0.717) is 22.8 Å². The smallest absolute Gasteiger partial charge is 0.321 e. The molecule has 0 aliphatic carbocycles. The van der Waals surface area contributed by atoms with Crippen LogP contribution in [0.3, 0.4) is 0 Å². The Morgan fingerprint density at radius 3 is 1.26 bits per heavy atom. The first-order chi connectivity index (χ1) is 34.8. The number of pyridine rings is 6. The van der Waals surface area contributed by atoms with Gasteiger partial charge >= 0.3 is 7.60 Å². The van der Waals surface area contributed by atoms with E-state index < -0.39 is 7.60 Å². The van der Waals surface area contributed by atoms with Crippen LogP contribution in [0.5, 0.6) is 0 Å². The standard InChI is InChI=1S/C43H49N3S3.C15H12N3O3P.Ru/c1-3-5-7-9-11-13-20-33-34(21-14-12-10-8-6-4-2)43(49-42(33)40-24-19-29-47-40)41-26-25-39(48-41)32-30-37(35-22-15-17-27-44-35)46-38(31-32)36-23-16-18-28-45-36;19-22(20,21)11-9-14(12-5-1-3-7-16-12)18-15(10-11)13-6-2-4-8-17-13;/h15-19,22-31H,3-14,20-21H2,1-2H3;1-10H,(H2,19,20,21);. The van der Waals surface area contributed by atoms with Crippen LogP contribution < -0.4 is 5.30 Å². The molecule has 0 radical (unpaired) electrons. The fourth-order valence-corrected chi connectivity index (χ4v) is 12.5. The molecule has 0 spiro atoms. The summed E-state index contributed by atoms with van der Waals surface area (Å²) in [7, 11) is -4.41. The van der Waals surface area contributed by atoms with Crippen molar-refractivity contribution in [2.45, 2.75) is 104 Å². The minimum Gasteiger partial charge on any atom is -0.321 e. The van der Waals surface area contributed by atoms with E-state index in [1.54, 1.807) is 59.9 Å². The molecule has 0 fully saturated rings. The van der Waals surface area contributed by atoms with E-state index in [1.807, 2.05) is 82.8 Å². The summed E-state index contributed by atoms with van der Waals surface area (Å²) in [5, 5.41) is 2.13. The molecule has 0 saturated heterocycles. The molecular formula is C58H61N6O3PRuS3. The van der Waals surface area contributed by atoms with Gasteiger partial charge in [-0.1, -0.05) is 108 Å².